The predicted molar refractivity (Wildman–Crippen MR) is 96.4 cm³/mol. The maximum absolute atomic E-state index is 6.79. The maximum Gasteiger partial charge on any atom is 0.192 e. The average Bonchev–Trinajstić information content (AvgIpc) is 2.22. The van der Waals surface area contributed by atoms with Gasteiger partial charge in [-0.3, -0.25) is 0 Å². The smallest absolute Gasteiger partial charge is 0.192 e. The quantitative estimate of drug-likeness (QED) is 0.380. The number of rotatable bonds is 6. The van der Waals surface area contributed by atoms with Crippen LogP contribution in [0.2, 0.25) is 18.1 Å². The summed E-state index contributed by atoms with van der Waals surface area (Å²) in [6.07, 6.45) is 9.17. The Balaban J connectivity index is 2.86. The minimum atomic E-state index is -1.66. The topological polar surface area (TPSA) is 9.23 Å². The van der Waals surface area contributed by atoms with Gasteiger partial charge < -0.3 is 4.43 Å². The van der Waals surface area contributed by atoms with E-state index in [9.17, 15) is 0 Å². The molecule has 1 aliphatic carbocycles. The van der Waals surface area contributed by atoms with Crippen LogP contribution < -0.4 is 0 Å². The summed E-state index contributed by atoms with van der Waals surface area (Å²) in [7, 11) is -1.66. The summed E-state index contributed by atoms with van der Waals surface area (Å²) in [6.45, 7) is 14.1. The van der Waals surface area contributed by atoms with Crippen LogP contribution in [-0.2, 0) is 4.43 Å². The van der Waals surface area contributed by atoms with E-state index in [1.54, 1.807) is 0 Å². The molecule has 0 aromatic rings. The molecule has 1 aliphatic rings. The van der Waals surface area contributed by atoms with Gasteiger partial charge in [0, 0.05) is 0 Å². The van der Waals surface area contributed by atoms with Gasteiger partial charge in [0.25, 0.3) is 0 Å². The van der Waals surface area contributed by atoms with Gasteiger partial charge in [-0.15, -0.1) is 0 Å². The minimum Gasteiger partial charge on any atom is -0.413 e. The maximum atomic E-state index is 6.79. The molecule has 0 aliphatic heterocycles. The molecule has 1 nitrogen and oxygen atoms in total. The third-order valence-electron chi connectivity index (χ3n) is 5.42. The van der Waals surface area contributed by atoms with Gasteiger partial charge in [-0.05, 0) is 53.3 Å². The molecular formula is C16H31IOSi. The van der Waals surface area contributed by atoms with Crippen LogP contribution >= 0.6 is 22.6 Å². The van der Waals surface area contributed by atoms with Gasteiger partial charge in [0.1, 0.15) is 0 Å². The molecule has 3 heteroatoms. The molecule has 1 fully saturated rings. The van der Waals surface area contributed by atoms with Crippen LogP contribution in [-0.4, -0.2) is 14.4 Å². The molecule has 1 unspecified atom stereocenters. The standard InChI is InChI=1S/C16H31IOSi/c1-7-16(11-9-12-16)14(10-8-13-17)18-19(5,6)15(2,3)4/h8,13-14H,7,9-12H2,1-6H3. The molecule has 0 aromatic carbocycles. The Morgan fingerprint density at radius 2 is 1.89 bits per heavy atom. The first-order valence-corrected chi connectivity index (χ1v) is 11.8. The van der Waals surface area contributed by atoms with Crippen molar-refractivity contribution in [2.24, 2.45) is 5.41 Å². The molecule has 0 amide bonds. The van der Waals surface area contributed by atoms with Crippen LogP contribution in [0.25, 0.3) is 0 Å². The van der Waals surface area contributed by atoms with Gasteiger partial charge in [0.2, 0.25) is 0 Å². The molecule has 1 saturated carbocycles. The number of halogens is 1. The van der Waals surface area contributed by atoms with E-state index < -0.39 is 8.32 Å². The highest BCUT2D eigenvalue weighted by atomic mass is 127. The molecule has 0 spiro atoms. The van der Waals surface area contributed by atoms with E-state index in [2.05, 4.69) is 73.5 Å². The second-order valence-electron chi connectivity index (χ2n) is 7.53. The molecule has 0 radical (unpaired) electrons. The van der Waals surface area contributed by atoms with E-state index in [0.717, 1.165) is 6.42 Å². The molecule has 0 bridgehead atoms. The van der Waals surface area contributed by atoms with E-state index in [-0.39, 0.29) is 0 Å². The highest BCUT2D eigenvalue weighted by Crippen LogP contribution is 2.51. The van der Waals surface area contributed by atoms with Crippen LogP contribution in [0.3, 0.4) is 0 Å². The second kappa shape index (κ2) is 6.61. The van der Waals surface area contributed by atoms with Crippen LogP contribution in [0, 0.1) is 5.41 Å². The fourth-order valence-corrected chi connectivity index (χ4v) is 4.37. The number of hydrogen-bond donors (Lipinski definition) is 0. The summed E-state index contributed by atoms with van der Waals surface area (Å²) in [5.74, 6) is 0. The highest BCUT2D eigenvalue weighted by Gasteiger charge is 2.47. The van der Waals surface area contributed by atoms with E-state index in [0.29, 0.717) is 16.6 Å². The molecule has 1 rings (SSSR count). The van der Waals surface area contributed by atoms with Gasteiger partial charge >= 0.3 is 0 Å². The summed E-state index contributed by atoms with van der Waals surface area (Å²) >= 11 is 2.32. The molecule has 0 heterocycles. The SMILES string of the molecule is CCC1(C(CC=CI)O[Si](C)(C)C(C)(C)C)CCC1. The van der Waals surface area contributed by atoms with Crippen molar-refractivity contribution >= 4 is 30.9 Å². The third kappa shape index (κ3) is 4.07. The fraction of sp³-hybridized carbons (Fsp3) is 0.875. The van der Waals surface area contributed by atoms with Crippen LogP contribution in [0.15, 0.2) is 10.2 Å². The van der Waals surface area contributed by atoms with E-state index in [1.807, 2.05) is 0 Å². The normalized spacial score (nSPS) is 21.4. The Kier molecular flexibility index (Phi) is 6.15. The van der Waals surface area contributed by atoms with Gasteiger partial charge in [-0.1, -0.05) is 62.8 Å². The van der Waals surface area contributed by atoms with E-state index in [4.69, 9.17) is 4.43 Å². The van der Waals surface area contributed by atoms with Crippen molar-refractivity contribution in [3.05, 3.63) is 10.2 Å². The molecule has 1 atom stereocenters. The van der Waals surface area contributed by atoms with Crippen LogP contribution in [0.1, 0.15) is 59.8 Å². The molecule has 19 heavy (non-hydrogen) atoms. The Morgan fingerprint density at radius 3 is 2.21 bits per heavy atom. The molecule has 0 aromatic heterocycles. The van der Waals surface area contributed by atoms with Gasteiger partial charge in [-0.2, -0.15) is 0 Å². The summed E-state index contributed by atoms with van der Waals surface area (Å²) in [4.78, 5) is 0. The minimum absolute atomic E-state index is 0.304. The Hall–Kier alpha value is 0.647. The molecular weight excluding hydrogens is 363 g/mol. The van der Waals surface area contributed by atoms with Crippen molar-refractivity contribution in [1.29, 1.82) is 0 Å². The fourth-order valence-electron chi connectivity index (χ4n) is 2.66. The first kappa shape index (κ1) is 17.7. The van der Waals surface area contributed by atoms with Gasteiger partial charge in [0.05, 0.1) is 6.10 Å². The number of hydrogen-bond acceptors (Lipinski definition) is 1. The lowest BCUT2D eigenvalue weighted by Gasteiger charge is -2.51. The largest absolute Gasteiger partial charge is 0.413 e. The zero-order valence-electron chi connectivity index (χ0n) is 13.6. The Morgan fingerprint density at radius 1 is 1.32 bits per heavy atom. The summed E-state index contributed by atoms with van der Waals surface area (Å²) in [5, 5.41) is 0.304. The Labute approximate surface area is 134 Å². The molecule has 0 N–H and O–H groups in total. The van der Waals surface area contributed by atoms with Crippen molar-refractivity contribution in [1.82, 2.24) is 0 Å². The zero-order chi connectivity index (χ0) is 14.7. The van der Waals surface area contributed by atoms with Crippen molar-refractivity contribution in [2.45, 2.75) is 84.0 Å². The van der Waals surface area contributed by atoms with E-state index in [1.165, 1.54) is 25.7 Å². The van der Waals surface area contributed by atoms with E-state index >= 15 is 0 Å². The molecule has 0 saturated heterocycles. The first-order valence-electron chi connectivity index (χ1n) is 7.61. The Bertz CT molecular complexity index is 308. The monoisotopic (exact) mass is 394 g/mol. The zero-order valence-corrected chi connectivity index (χ0v) is 16.7. The predicted octanol–water partition coefficient (Wildman–Crippen LogP) is 6.30. The van der Waals surface area contributed by atoms with Gasteiger partial charge in [-0.25, -0.2) is 0 Å². The van der Waals surface area contributed by atoms with Crippen molar-refractivity contribution in [3.8, 4) is 0 Å². The van der Waals surface area contributed by atoms with Crippen LogP contribution in [0.5, 0.6) is 0 Å². The second-order valence-corrected chi connectivity index (χ2v) is 13.0. The lowest BCUT2D eigenvalue weighted by molar-refractivity contribution is -0.0271. The average molecular weight is 394 g/mol. The summed E-state index contributed by atoms with van der Waals surface area (Å²) < 4.78 is 8.93. The molecule has 112 valence electrons. The van der Waals surface area contributed by atoms with Gasteiger partial charge in [0.15, 0.2) is 8.32 Å². The third-order valence-corrected chi connectivity index (χ3v) is 10.4. The lowest BCUT2D eigenvalue weighted by Crippen LogP contribution is -2.51. The van der Waals surface area contributed by atoms with Crippen molar-refractivity contribution in [2.75, 3.05) is 0 Å². The van der Waals surface area contributed by atoms with Crippen molar-refractivity contribution < 1.29 is 4.43 Å². The lowest BCUT2D eigenvalue weighted by atomic mass is 9.63. The highest BCUT2D eigenvalue weighted by molar-refractivity contribution is 14.1. The van der Waals surface area contributed by atoms with Crippen molar-refractivity contribution in [3.63, 3.8) is 0 Å². The summed E-state index contributed by atoms with van der Waals surface area (Å²) in [5.41, 5.74) is 0.464. The first-order chi connectivity index (χ1) is 8.68. The van der Waals surface area contributed by atoms with Crippen LogP contribution in [0.4, 0.5) is 0 Å². The summed E-state index contributed by atoms with van der Waals surface area (Å²) in [6, 6.07) is 0.